The van der Waals surface area contributed by atoms with Crippen LogP contribution in [-0.2, 0) is 14.8 Å². The molecule has 1 saturated heterocycles. The van der Waals surface area contributed by atoms with Gasteiger partial charge in [-0.25, -0.2) is 12.8 Å². The summed E-state index contributed by atoms with van der Waals surface area (Å²) in [5, 5.41) is 0. The summed E-state index contributed by atoms with van der Waals surface area (Å²) >= 11 is 0. The highest BCUT2D eigenvalue weighted by molar-refractivity contribution is 7.89. The van der Waals surface area contributed by atoms with E-state index in [4.69, 9.17) is 10.5 Å². The second-order valence-electron chi connectivity index (χ2n) is 4.52. The third-order valence-corrected chi connectivity index (χ3v) is 5.23. The maximum Gasteiger partial charge on any atom is 0.243 e. The molecule has 1 fully saturated rings. The lowest BCUT2D eigenvalue weighted by molar-refractivity contribution is 0.0604. The van der Waals surface area contributed by atoms with E-state index in [-0.39, 0.29) is 16.7 Å². The van der Waals surface area contributed by atoms with Crippen molar-refractivity contribution in [1.29, 1.82) is 0 Å². The van der Waals surface area contributed by atoms with Crippen molar-refractivity contribution in [2.45, 2.75) is 23.8 Å². The molecule has 0 aliphatic carbocycles. The fourth-order valence-electron chi connectivity index (χ4n) is 2.14. The largest absolute Gasteiger partial charge is 0.396 e. The zero-order chi connectivity index (χ0) is 14.0. The van der Waals surface area contributed by atoms with E-state index in [0.29, 0.717) is 25.9 Å². The molecule has 7 heteroatoms. The summed E-state index contributed by atoms with van der Waals surface area (Å²) in [5.74, 6) is -0.614. The van der Waals surface area contributed by atoms with E-state index in [0.717, 1.165) is 12.1 Å². The van der Waals surface area contributed by atoms with Crippen LogP contribution in [0.2, 0.25) is 0 Å². The molecule has 1 aromatic rings. The summed E-state index contributed by atoms with van der Waals surface area (Å²) < 4.78 is 44.4. The predicted octanol–water partition coefficient (Wildman–Crippen LogP) is 1.21. The lowest BCUT2D eigenvalue weighted by Gasteiger charge is -2.30. The molecule has 5 nitrogen and oxygen atoms in total. The molecule has 19 heavy (non-hydrogen) atoms. The Labute approximate surface area is 112 Å². The van der Waals surface area contributed by atoms with Gasteiger partial charge in [0.25, 0.3) is 0 Å². The maximum absolute atomic E-state index is 13.1. The van der Waals surface area contributed by atoms with Gasteiger partial charge in [-0.05, 0) is 31.0 Å². The van der Waals surface area contributed by atoms with Gasteiger partial charge in [-0.3, -0.25) is 0 Å². The Hall–Kier alpha value is -1.18. The molecule has 0 amide bonds. The number of anilines is 1. The lowest BCUT2D eigenvalue weighted by atomic mass is 10.1. The number of hydrogen-bond acceptors (Lipinski definition) is 4. The van der Waals surface area contributed by atoms with Gasteiger partial charge in [0, 0.05) is 20.2 Å². The summed E-state index contributed by atoms with van der Waals surface area (Å²) in [6, 6.07) is 3.47. The van der Waals surface area contributed by atoms with Crippen LogP contribution >= 0.6 is 0 Å². The molecule has 1 heterocycles. The average molecular weight is 288 g/mol. The molecule has 106 valence electrons. The van der Waals surface area contributed by atoms with E-state index >= 15 is 0 Å². The molecule has 0 atom stereocenters. The zero-order valence-corrected chi connectivity index (χ0v) is 11.5. The maximum atomic E-state index is 13.1. The minimum absolute atomic E-state index is 0.0299. The number of hydrogen-bond donors (Lipinski definition) is 1. The van der Waals surface area contributed by atoms with Crippen LogP contribution < -0.4 is 5.73 Å². The van der Waals surface area contributed by atoms with Crippen LogP contribution in [0, 0.1) is 5.82 Å². The number of nitrogen functional groups attached to an aromatic ring is 1. The van der Waals surface area contributed by atoms with Gasteiger partial charge in [0.15, 0.2) is 0 Å². The highest BCUT2D eigenvalue weighted by atomic mass is 32.2. The number of halogens is 1. The van der Waals surface area contributed by atoms with E-state index in [1.807, 2.05) is 0 Å². The Morgan fingerprint density at radius 3 is 2.53 bits per heavy atom. The highest BCUT2D eigenvalue weighted by Crippen LogP contribution is 2.24. The third-order valence-electron chi connectivity index (χ3n) is 3.34. The Kier molecular flexibility index (Phi) is 4.07. The molecule has 0 unspecified atom stereocenters. The van der Waals surface area contributed by atoms with Crippen LogP contribution in [0.25, 0.3) is 0 Å². The molecule has 2 N–H and O–H groups in total. The van der Waals surface area contributed by atoms with Gasteiger partial charge < -0.3 is 10.5 Å². The summed E-state index contributed by atoms with van der Waals surface area (Å²) in [4.78, 5) is 0.0299. The number of benzene rings is 1. The Balaban J connectivity index is 2.21. The molecule has 0 saturated carbocycles. The minimum atomic E-state index is -3.60. The first-order valence-corrected chi connectivity index (χ1v) is 7.47. The monoisotopic (exact) mass is 288 g/mol. The van der Waals surface area contributed by atoms with Gasteiger partial charge >= 0.3 is 0 Å². The number of nitrogens with zero attached hydrogens (tertiary/aromatic N) is 1. The normalized spacial score (nSPS) is 18.6. The van der Waals surface area contributed by atoms with Crippen molar-refractivity contribution >= 4 is 15.7 Å². The van der Waals surface area contributed by atoms with Gasteiger partial charge in [0.2, 0.25) is 10.0 Å². The van der Waals surface area contributed by atoms with E-state index in [1.54, 1.807) is 7.11 Å². The van der Waals surface area contributed by atoms with E-state index in [9.17, 15) is 12.8 Å². The molecule has 0 bridgehead atoms. The van der Waals surface area contributed by atoms with Crippen LogP contribution in [0.1, 0.15) is 12.8 Å². The number of nitrogens with two attached hydrogens (primary N) is 1. The Morgan fingerprint density at radius 2 is 2.00 bits per heavy atom. The number of sulfonamides is 1. The number of rotatable bonds is 3. The van der Waals surface area contributed by atoms with Crippen molar-refractivity contribution in [2.24, 2.45) is 0 Å². The van der Waals surface area contributed by atoms with Crippen LogP contribution in [0.5, 0.6) is 0 Å². The molecule has 0 aromatic heterocycles. The van der Waals surface area contributed by atoms with Crippen molar-refractivity contribution in [3.8, 4) is 0 Å². The van der Waals surface area contributed by atoms with E-state index in [1.165, 1.54) is 10.4 Å². The first-order valence-electron chi connectivity index (χ1n) is 6.03. The zero-order valence-electron chi connectivity index (χ0n) is 10.7. The second-order valence-corrected chi connectivity index (χ2v) is 6.46. The molecule has 0 spiro atoms. The van der Waals surface area contributed by atoms with Crippen LogP contribution in [0.3, 0.4) is 0 Å². The summed E-state index contributed by atoms with van der Waals surface area (Å²) in [6.07, 6.45) is 1.42. The van der Waals surface area contributed by atoms with Gasteiger partial charge in [0.05, 0.1) is 16.7 Å². The summed E-state index contributed by atoms with van der Waals surface area (Å²) in [5.41, 5.74) is 5.25. The SMILES string of the molecule is COC1CCN(S(=O)(=O)c2ccc(F)c(N)c2)CC1. The number of piperidine rings is 1. The minimum Gasteiger partial charge on any atom is -0.396 e. The van der Waals surface area contributed by atoms with Crippen molar-refractivity contribution in [2.75, 3.05) is 25.9 Å². The van der Waals surface area contributed by atoms with E-state index in [2.05, 4.69) is 0 Å². The van der Waals surface area contributed by atoms with Crippen molar-refractivity contribution in [1.82, 2.24) is 4.31 Å². The Morgan fingerprint density at radius 1 is 1.37 bits per heavy atom. The fraction of sp³-hybridized carbons (Fsp3) is 0.500. The molecule has 1 aliphatic heterocycles. The van der Waals surface area contributed by atoms with Gasteiger partial charge in [0.1, 0.15) is 5.82 Å². The molecule has 2 rings (SSSR count). The van der Waals surface area contributed by atoms with Gasteiger partial charge in [-0.15, -0.1) is 0 Å². The molecular weight excluding hydrogens is 271 g/mol. The lowest BCUT2D eigenvalue weighted by Crippen LogP contribution is -2.40. The number of ether oxygens (including phenoxy) is 1. The second kappa shape index (κ2) is 5.44. The fourth-order valence-corrected chi connectivity index (χ4v) is 3.65. The van der Waals surface area contributed by atoms with Gasteiger partial charge in [-0.1, -0.05) is 0 Å². The molecule has 1 aliphatic rings. The molecular formula is C12H17FN2O3S. The summed E-state index contributed by atoms with van der Waals surface area (Å²) in [6.45, 7) is 0.802. The summed E-state index contributed by atoms with van der Waals surface area (Å²) in [7, 11) is -1.98. The first kappa shape index (κ1) is 14.2. The first-order chi connectivity index (χ1) is 8.95. The third kappa shape index (κ3) is 2.88. The molecule has 1 aromatic carbocycles. The van der Waals surface area contributed by atoms with Crippen LogP contribution in [0.4, 0.5) is 10.1 Å². The van der Waals surface area contributed by atoms with Gasteiger partial charge in [-0.2, -0.15) is 4.31 Å². The Bertz CT molecular complexity index is 554. The average Bonchev–Trinajstić information content (AvgIpc) is 2.41. The van der Waals surface area contributed by atoms with E-state index < -0.39 is 15.8 Å². The number of methoxy groups -OCH3 is 1. The molecule has 0 radical (unpaired) electrons. The van der Waals surface area contributed by atoms with Crippen LogP contribution in [-0.4, -0.2) is 39.0 Å². The topological polar surface area (TPSA) is 72.6 Å². The van der Waals surface area contributed by atoms with Crippen molar-refractivity contribution < 1.29 is 17.5 Å². The standard InChI is InChI=1S/C12H17FN2O3S/c1-18-9-4-6-15(7-5-9)19(16,17)10-2-3-11(13)12(14)8-10/h2-3,8-9H,4-7,14H2,1H3. The quantitative estimate of drug-likeness (QED) is 0.848. The van der Waals surface area contributed by atoms with Crippen molar-refractivity contribution in [3.63, 3.8) is 0 Å². The predicted molar refractivity (Wildman–Crippen MR) is 69.6 cm³/mol. The smallest absolute Gasteiger partial charge is 0.243 e. The highest BCUT2D eigenvalue weighted by Gasteiger charge is 2.29. The van der Waals surface area contributed by atoms with Crippen molar-refractivity contribution in [3.05, 3.63) is 24.0 Å². The van der Waals surface area contributed by atoms with Crippen LogP contribution in [0.15, 0.2) is 23.1 Å².